The first-order valence-electron chi connectivity index (χ1n) is 6.61. The fraction of sp³-hybridized carbons (Fsp3) is 0.500. The highest BCUT2D eigenvalue weighted by atomic mass is 19.1. The third-order valence-corrected chi connectivity index (χ3v) is 3.35. The van der Waals surface area contributed by atoms with Gasteiger partial charge >= 0.3 is 0 Å². The molecule has 1 aromatic rings. The number of carbonyl (C=O) groups excluding carboxylic acids is 1. The van der Waals surface area contributed by atoms with Crippen LogP contribution in [-0.2, 0) is 4.79 Å². The number of nitrogens with two attached hydrogens (primary N) is 1. The van der Waals surface area contributed by atoms with Gasteiger partial charge in [-0.3, -0.25) is 4.79 Å². The van der Waals surface area contributed by atoms with Crippen molar-refractivity contribution >= 4 is 17.3 Å². The van der Waals surface area contributed by atoms with Gasteiger partial charge in [-0.25, -0.2) is 4.39 Å². The molecule has 5 heteroatoms. The highest BCUT2D eigenvalue weighted by Gasteiger charge is 2.25. The van der Waals surface area contributed by atoms with Crippen LogP contribution in [0.4, 0.5) is 15.8 Å². The van der Waals surface area contributed by atoms with E-state index in [0.29, 0.717) is 18.2 Å². The van der Waals surface area contributed by atoms with Crippen LogP contribution in [0.2, 0.25) is 0 Å². The van der Waals surface area contributed by atoms with Crippen LogP contribution < -0.4 is 11.1 Å². The van der Waals surface area contributed by atoms with Gasteiger partial charge in [0.1, 0.15) is 5.82 Å². The normalized spacial score (nSPS) is 14.7. The van der Waals surface area contributed by atoms with E-state index in [0.717, 1.165) is 13.0 Å². The van der Waals surface area contributed by atoms with Crippen molar-refractivity contribution in [1.82, 2.24) is 4.90 Å². The molecule has 1 saturated carbocycles. The van der Waals surface area contributed by atoms with Crippen molar-refractivity contribution < 1.29 is 9.18 Å². The Morgan fingerprint density at radius 1 is 1.53 bits per heavy atom. The average Bonchev–Trinajstić information content (AvgIpc) is 3.18. The second kappa shape index (κ2) is 6.02. The largest absolute Gasteiger partial charge is 0.399 e. The molecule has 19 heavy (non-hydrogen) atoms. The molecule has 0 saturated heterocycles. The first-order valence-corrected chi connectivity index (χ1v) is 6.61. The second-order valence-electron chi connectivity index (χ2n) is 5.10. The summed E-state index contributed by atoms with van der Waals surface area (Å²) in [5.41, 5.74) is 6.15. The number of anilines is 2. The van der Waals surface area contributed by atoms with E-state index in [9.17, 15) is 9.18 Å². The minimum absolute atomic E-state index is 0.153. The SMILES string of the molecule is CN(CCCC(=O)Nc1cc(N)ccc1F)C1CC1. The molecule has 0 aliphatic heterocycles. The Morgan fingerprint density at radius 2 is 2.26 bits per heavy atom. The van der Waals surface area contributed by atoms with Crippen LogP contribution in [0.1, 0.15) is 25.7 Å². The topological polar surface area (TPSA) is 58.4 Å². The highest BCUT2D eigenvalue weighted by molar-refractivity contribution is 5.91. The number of nitrogens with zero attached hydrogens (tertiary/aromatic N) is 1. The van der Waals surface area contributed by atoms with Crippen LogP contribution in [0.3, 0.4) is 0 Å². The molecule has 0 unspecified atom stereocenters. The fourth-order valence-electron chi connectivity index (χ4n) is 2.04. The molecule has 1 aliphatic rings. The summed E-state index contributed by atoms with van der Waals surface area (Å²) in [7, 11) is 2.08. The van der Waals surface area contributed by atoms with Crippen molar-refractivity contribution in [3.05, 3.63) is 24.0 Å². The Bertz CT molecular complexity index is 460. The van der Waals surface area contributed by atoms with E-state index in [1.807, 2.05) is 0 Å². The lowest BCUT2D eigenvalue weighted by molar-refractivity contribution is -0.116. The van der Waals surface area contributed by atoms with E-state index in [-0.39, 0.29) is 11.6 Å². The maximum atomic E-state index is 13.4. The van der Waals surface area contributed by atoms with Gasteiger partial charge in [0.15, 0.2) is 0 Å². The number of rotatable bonds is 6. The molecule has 4 nitrogen and oxygen atoms in total. The number of halogens is 1. The van der Waals surface area contributed by atoms with Crippen molar-refractivity contribution in [1.29, 1.82) is 0 Å². The van der Waals surface area contributed by atoms with E-state index in [2.05, 4.69) is 17.3 Å². The zero-order valence-corrected chi connectivity index (χ0v) is 11.2. The van der Waals surface area contributed by atoms with Gasteiger partial charge in [-0.15, -0.1) is 0 Å². The summed E-state index contributed by atoms with van der Waals surface area (Å²) in [6.07, 6.45) is 3.70. The van der Waals surface area contributed by atoms with Crippen LogP contribution >= 0.6 is 0 Å². The maximum Gasteiger partial charge on any atom is 0.224 e. The Balaban J connectivity index is 1.75. The Morgan fingerprint density at radius 3 is 2.95 bits per heavy atom. The van der Waals surface area contributed by atoms with Gasteiger partial charge in [-0.2, -0.15) is 0 Å². The number of nitrogens with one attached hydrogen (secondary N) is 1. The number of amides is 1. The number of nitrogen functional groups attached to an aromatic ring is 1. The fourth-order valence-corrected chi connectivity index (χ4v) is 2.04. The monoisotopic (exact) mass is 265 g/mol. The first kappa shape index (κ1) is 13.8. The van der Waals surface area contributed by atoms with Crippen LogP contribution in [0.25, 0.3) is 0 Å². The molecule has 104 valence electrons. The molecule has 0 aromatic heterocycles. The standard InChI is InChI=1S/C14H20FN3O/c1-18(11-5-6-11)8-2-3-14(19)17-13-9-10(16)4-7-12(13)15/h4,7,9,11H,2-3,5-6,8,16H2,1H3,(H,17,19). The van der Waals surface area contributed by atoms with Crippen LogP contribution in [0.15, 0.2) is 18.2 Å². The van der Waals surface area contributed by atoms with Gasteiger partial charge in [-0.1, -0.05) is 0 Å². The Hall–Kier alpha value is -1.62. The van der Waals surface area contributed by atoms with Gasteiger partial charge in [0.25, 0.3) is 0 Å². The number of hydrogen-bond acceptors (Lipinski definition) is 3. The summed E-state index contributed by atoms with van der Waals surface area (Å²) in [4.78, 5) is 14.0. The molecule has 2 rings (SSSR count). The number of hydrogen-bond donors (Lipinski definition) is 2. The van der Waals surface area contributed by atoms with Crippen LogP contribution in [0.5, 0.6) is 0 Å². The first-order chi connectivity index (χ1) is 9.06. The van der Waals surface area contributed by atoms with Crippen molar-refractivity contribution in [2.75, 3.05) is 24.6 Å². The zero-order valence-electron chi connectivity index (χ0n) is 11.2. The summed E-state index contributed by atoms with van der Waals surface area (Å²) in [6.45, 7) is 0.900. The van der Waals surface area contributed by atoms with Crippen molar-refractivity contribution in [2.45, 2.75) is 31.7 Å². The molecule has 1 aliphatic carbocycles. The van der Waals surface area contributed by atoms with Crippen LogP contribution in [-0.4, -0.2) is 30.4 Å². The molecular weight excluding hydrogens is 245 g/mol. The van der Waals surface area contributed by atoms with Gasteiger partial charge in [0, 0.05) is 18.2 Å². The second-order valence-corrected chi connectivity index (χ2v) is 5.10. The van der Waals surface area contributed by atoms with Gasteiger partial charge < -0.3 is 16.0 Å². The van der Waals surface area contributed by atoms with Crippen molar-refractivity contribution in [3.8, 4) is 0 Å². The lowest BCUT2D eigenvalue weighted by Gasteiger charge is -2.15. The molecule has 1 fully saturated rings. The molecule has 0 spiro atoms. The predicted octanol–water partition coefficient (Wildman–Crippen LogP) is 2.22. The molecule has 0 heterocycles. The summed E-state index contributed by atoms with van der Waals surface area (Å²) in [6, 6.07) is 4.86. The lowest BCUT2D eigenvalue weighted by atomic mass is 10.2. The third kappa shape index (κ3) is 4.21. The highest BCUT2D eigenvalue weighted by Crippen LogP contribution is 2.25. The summed E-state index contributed by atoms with van der Waals surface area (Å²) in [5.74, 6) is -0.633. The lowest BCUT2D eigenvalue weighted by Crippen LogP contribution is -2.23. The molecule has 0 atom stereocenters. The minimum Gasteiger partial charge on any atom is -0.399 e. The molecule has 3 N–H and O–H groups in total. The Kier molecular flexibility index (Phi) is 4.37. The van der Waals surface area contributed by atoms with E-state index in [1.165, 1.54) is 31.0 Å². The van der Waals surface area contributed by atoms with Gasteiger partial charge in [-0.05, 0) is 51.1 Å². The Labute approximate surface area is 112 Å². The molecule has 1 aromatic carbocycles. The third-order valence-electron chi connectivity index (χ3n) is 3.35. The smallest absolute Gasteiger partial charge is 0.224 e. The quantitative estimate of drug-likeness (QED) is 0.775. The number of carbonyl (C=O) groups is 1. The van der Waals surface area contributed by atoms with Crippen LogP contribution in [0, 0.1) is 5.82 Å². The summed E-state index contributed by atoms with van der Waals surface area (Å²) >= 11 is 0. The summed E-state index contributed by atoms with van der Waals surface area (Å²) < 4.78 is 13.4. The van der Waals surface area contributed by atoms with E-state index >= 15 is 0 Å². The molecular formula is C14H20FN3O. The summed E-state index contributed by atoms with van der Waals surface area (Å²) in [5, 5.41) is 2.56. The zero-order chi connectivity index (χ0) is 13.8. The minimum atomic E-state index is -0.461. The molecule has 1 amide bonds. The predicted molar refractivity (Wildman–Crippen MR) is 74.3 cm³/mol. The number of benzene rings is 1. The molecule has 0 bridgehead atoms. The van der Waals surface area contributed by atoms with Crippen molar-refractivity contribution in [3.63, 3.8) is 0 Å². The molecule has 0 radical (unpaired) electrons. The van der Waals surface area contributed by atoms with E-state index in [1.54, 1.807) is 0 Å². The van der Waals surface area contributed by atoms with Gasteiger partial charge in [0.05, 0.1) is 5.69 Å². The van der Waals surface area contributed by atoms with E-state index in [4.69, 9.17) is 5.73 Å². The van der Waals surface area contributed by atoms with E-state index < -0.39 is 5.82 Å². The maximum absolute atomic E-state index is 13.4. The average molecular weight is 265 g/mol. The van der Waals surface area contributed by atoms with Crippen molar-refractivity contribution in [2.24, 2.45) is 0 Å². The van der Waals surface area contributed by atoms with Gasteiger partial charge in [0.2, 0.25) is 5.91 Å².